The van der Waals surface area contributed by atoms with Crippen LogP contribution in [-0.4, -0.2) is 43.2 Å². The topological polar surface area (TPSA) is 79.4 Å². The number of halogens is 4. The second-order valence-electron chi connectivity index (χ2n) is 6.55. The Hall–Kier alpha value is -2.33. The molecule has 29 heavy (non-hydrogen) atoms. The number of nitrogens with one attached hydrogen (secondary N) is 1. The van der Waals surface area contributed by atoms with Crippen LogP contribution in [0.4, 0.5) is 23.7 Å². The molecule has 1 N–H and O–H groups in total. The number of alkyl halides is 3. The van der Waals surface area contributed by atoms with E-state index in [1.54, 1.807) is 12.1 Å². The molecule has 0 atom stereocenters. The Bertz CT molecular complexity index is 995. The smallest absolute Gasteiger partial charge is 0.324 e. The number of hydrogen-bond acceptors (Lipinski definition) is 4. The predicted octanol–water partition coefficient (Wildman–Crippen LogP) is 4.22. The second kappa shape index (κ2) is 8.19. The molecule has 2 heterocycles. The van der Waals surface area contributed by atoms with Crippen molar-refractivity contribution in [2.45, 2.75) is 29.2 Å². The van der Waals surface area contributed by atoms with Gasteiger partial charge in [-0.1, -0.05) is 11.6 Å². The highest BCUT2D eigenvalue weighted by molar-refractivity contribution is 7.91. The molecule has 0 saturated carbocycles. The van der Waals surface area contributed by atoms with Crippen LogP contribution in [0.2, 0.25) is 5.02 Å². The van der Waals surface area contributed by atoms with Crippen LogP contribution in [-0.2, 0) is 15.5 Å². The highest BCUT2D eigenvalue weighted by Gasteiger charge is 2.40. The molecule has 3 rings (SSSR count). The molecule has 0 unspecified atom stereocenters. The fraction of sp³-hybridized carbons (Fsp3) is 0.333. The number of sulfone groups is 1. The Morgan fingerprint density at radius 2 is 1.79 bits per heavy atom. The summed E-state index contributed by atoms with van der Waals surface area (Å²) in [7, 11) is -4.70. The molecule has 0 aliphatic carbocycles. The van der Waals surface area contributed by atoms with Crippen LogP contribution in [0.3, 0.4) is 0 Å². The number of hydrogen-bond donors (Lipinski definition) is 1. The summed E-state index contributed by atoms with van der Waals surface area (Å²) < 4.78 is 63.2. The fourth-order valence-electron chi connectivity index (χ4n) is 3.05. The Morgan fingerprint density at radius 3 is 2.34 bits per heavy atom. The maximum atomic E-state index is 15.2. The molecule has 1 saturated heterocycles. The zero-order chi connectivity index (χ0) is 21.2. The average molecular weight is 448 g/mol. The third-order valence-electron chi connectivity index (χ3n) is 4.69. The van der Waals surface area contributed by atoms with Crippen LogP contribution >= 0.6 is 11.6 Å². The van der Waals surface area contributed by atoms with Crippen molar-refractivity contribution in [1.82, 2.24) is 9.88 Å². The Kier molecular flexibility index (Phi) is 6.04. The van der Waals surface area contributed by atoms with E-state index in [1.165, 1.54) is 23.2 Å². The molecule has 156 valence electrons. The number of carbonyl (C=O) groups excluding carboxylic acids is 1. The lowest BCUT2D eigenvalue weighted by molar-refractivity contribution is 0.0684. The highest BCUT2D eigenvalue weighted by atomic mass is 35.5. The van der Waals surface area contributed by atoms with E-state index < -0.39 is 32.2 Å². The lowest BCUT2D eigenvalue weighted by Gasteiger charge is -2.36. The van der Waals surface area contributed by atoms with Gasteiger partial charge in [0.2, 0.25) is 9.84 Å². The van der Waals surface area contributed by atoms with Gasteiger partial charge in [-0.25, -0.2) is 17.6 Å². The Balaban J connectivity index is 1.62. The molecule has 6 nitrogen and oxygen atoms in total. The van der Waals surface area contributed by atoms with E-state index >= 15 is 4.39 Å². The standard InChI is InChI=1S/C18H17ClF3N3O3S/c19-14-2-1-9-23-15(14)18(22)7-10-25(11-8-18)17(26)24-12-3-5-13(6-4-12)29(27,28)16(20)21/h1-6,9,16H,7-8,10-11H2,(H,24,26). The van der Waals surface area contributed by atoms with Crippen molar-refractivity contribution < 1.29 is 26.4 Å². The number of amides is 2. The van der Waals surface area contributed by atoms with Gasteiger partial charge in [0.1, 0.15) is 0 Å². The largest absolute Gasteiger partial charge is 0.341 e. The number of likely N-dealkylation sites (tertiary alicyclic amines) is 1. The Labute approximate surface area is 170 Å². The van der Waals surface area contributed by atoms with Crippen molar-refractivity contribution >= 4 is 33.2 Å². The maximum Gasteiger partial charge on any atom is 0.341 e. The van der Waals surface area contributed by atoms with E-state index in [4.69, 9.17) is 11.6 Å². The number of rotatable bonds is 4. The molecule has 2 amide bonds. The van der Waals surface area contributed by atoms with Gasteiger partial charge in [-0.2, -0.15) is 8.78 Å². The Morgan fingerprint density at radius 1 is 1.17 bits per heavy atom. The van der Waals surface area contributed by atoms with Crippen molar-refractivity contribution in [1.29, 1.82) is 0 Å². The minimum atomic E-state index is -4.70. The van der Waals surface area contributed by atoms with Crippen LogP contribution in [0.25, 0.3) is 0 Å². The number of pyridine rings is 1. The molecule has 0 radical (unpaired) electrons. The first kappa shape index (κ1) is 21.4. The normalized spacial score (nSPS) is 16.7. The average Bonchev–Trinajstić information content (AvgIpc) is 2.69. The van der Waals surface area contributed by atoms with Gasteiger partial charge in [0.15, 0.2) is 5.67 Å². The van der Waals surface area contributed by atoms with Crippen LogP contribution in [0.15, 0.2) is 47.5 Å². The molecule has 1 fully saturated rings. The zero-order valence-corrected chi connectivity index (χ0v) is 16.6. The third kappa shape index (κ3) is 4.48. The van der Waals surface area contributed by atoms with E-state index in [-0.39, 0.29) is 42.3 Å². The van der Waals surface area contributed by atoms with Gasteiger partial charge in [-0.05, 0) is 36.4 Å². The van der Waals surface area contributed by atoms with Gasteiger partial charge < -0.3 is 10.2 Å². The first-order valence-electron chi connectivity index (χ1n) is 8.61. The van der Waals surface area contributed by atoms with Crippen molar-refractivity contribution in [3.05, 3.63) is 53.3 Å². The monoisotopic (exact) mass is 447 g/mol. The minimum Gasteiger partial charge on any atom is -0.324 e. The number of benzene rings is 1. The minimum absolute atomic E-state index is 0.0166. The zero-order valence-electron chi connectivity index (χ0n) is 15.0. The van der Waals surface area contributed by atoms with Gasteiger partial charge >= 0.3 is 11.8 Å². The summed E-state index contributed by atoms with van der Waals surface area (Å²) >= 11 is 6.03. The lowest BCUT2D eigenvalue weighted by Crippen LogP contribution is -2.45. The number of nitrogens with zero attached hydrogens (tertiary/aromatic N) is 2. The molecule has 11 heteroatoms. The molecule has 1 aromatic heterocycles. The summed E-state index contributed by atoms with van der Waals surface area (Å²) in [5, 5.41) is 2.77. The van der Waals surface area contributed by atoms with Crippen molar-refractivity contribution in [3.63, 3.8) is 0 Å². The number of carbonyl (C=O) groups is 1. The molecular formula is C18H17ClF3N3O3S. The van der Waals surface area contributed by atoms with Crippen LogP contribution in [0.5, 0.6) is 0 Å². The predicted molar refractivity (Wildman–Crippen MR) is 101 cm³/mol. The number of urea groups is 1. The molecule has 1 aromatic carbocycles. The first-order chi connectivity index (χ1) is 13.6. The van der Waals surface area contributed by atoms with Crippen LogP contribution < -0.4 is 5.32 Å². The maximum absolute atomic E-state index is 15.2. The van der Waals surface area contributed by atoms with E-state index in [9.17, 15) is 22.0 Å². The second-order valence-corrected chi connectivity index (χ2v) is 8.87. The summed E-state index contributed by atoms with van der Waals surface area (Å²) in [5.74, 6) is -3.52. The number of aromatic nitrogens is 1. The van der Waals surface area contributed by atoms with Crippen molar-refractivity contribution in [3.8, 4) is 0 Å². The molecular weight excluding hydrogens is 431 g/mol. The molecule has 0 bridgehead atoms. The molecule has 2 aromatic rings. The summed E-state index contributed by atoms with van der Waals surface area (Å²) in [5.41, 5.74) is -1.36. The van der Waals surface area contributed by atoms with Gasteiger partial charge in [0.05, 0.1) is 15.6 Å². The van der Waals surface area contributed by atoms with E-state index in [0.29, 0.717) is 0 Å². The van der Waals surface area contributed by atoms with Crippen LogP contribution in [0, 0.1) is 0 Å². The number of piperidine rings is 1. The highest BCUT2D eigenvalue weighted by Crippen LogP contribution is 2.39. The fourth-order valence-corrected chi connectivity index (χ4v) is 4.06. The van der Waals surface area contributed by atoms with Crippen LogP contribution in [0.1, 0.15) is 18.5 Å². The number of anilines is 1. The van der Waals surface area contributed by atoms with Gasteiger partial charge in [-0.3, -0.25) is 4.98 Å². The van der Waals surface area contributed by atoms with E-state index in [2.05, 4.69) is 10.3 Å². The molecule has 1 aliphatic rings. The van der Waals surface area contributed by atoms with Crippen molar-refractivity contribution in [2.24, 2.45) is 0 Å². The van der Waals surface area contributed by atoms with Crippen molar-refractivity contribution in [2.75, 3.05) is 18.4 Å². The summed E-state index contributed by atoms with van der Waals surface area (Å²) in [6.07, 6.45) is 1.49. The quantitative estimate of drug-likeness (QED) is 0.761. The van der Waals surface area contributed by atoms with Gasteiger partial charge in [-0.15, -0.1) is 0 Å². The van der Waals surface area contributed by atoms with E-state index in [0.717, 1.165) is 12.1 Å². The summed E-state index contributed by atoms with van der Waals surface area (Å²) in [4.78, 5) is 17.3. The molecule has 0 spiro atoms. The summed E-state index contributed by atoms with van der Waals surface area (Å²) in [6, 6.07) is 7.06. The lowest BCUT2D eigenvalue weighted by atomic mass is 9.89. The third-order valence-corrected chi connectivity index (χ3v) is 6.40. The summed E-state index contributed by atoms with van der Waals surface area (Å²) in [6.45, 7) is 0.236. The SMILES string of the molecule is O=C(Nc1ccc(S(=O)(=O)C(F)F)cc1)N1CCC(F)(c2ncccc2Cl)CC1. The first-order valence-corrected chi connectivity index (χ1v) is 10.5. The molecule has 1 aliphatic heterocycles. The van der Waals surface area contributed by atoms with Gasteiger partial charge in [0.25, 0.3) is 0 Å². The van der Waals surface area contributed by atoms with E-state index in [1.807, 2.05) is 0 Å². The van der Waals surface area contributed by atoms with Gasteiger partial charge in [0, 0.05) is 37.8 Å².